The lowest BCUT2D eigenvalue weighted by atomic mass is 10.4. The Kier molecular flexibility index (Phi) is 3.14. The lowest BCUT2D eigenvalue weighted by Gasteiger charge is -1.84. The number of Topliss-reactive ketones (excluding diaryl/α,β-unsaturated/α-hetero) is 1. The maximum absolute atomic E-state index is 9.98. The van der Waals surface area contributed by atoms with Gasteiger partial charge in [-0.15, -0.1) is 0 Å². The van der Waals surface area contributed by atoms with Gasteiger partial charge in [0.05, 0.1) is 6.54 Å². The summed E-state index contributed by atoms with van der Waals surface area (Å²) >= 11 is 0. The fourth-order valence-electron chi connectivity index (χ4n) is 0.216. The molecule has 0 bridgehead atoms. The summed E-state index contributed by atoms with van der Waals surface area (Å²) in [5, 5.41) is 2.54. The first-order chi connectivity index (χ1) is 3.31. The molecule has 0 radical (unpaired) electrons. The molecule has 0 saturated heterocycles. The van der Waals surface area contributed by atoms with E-state index in [0.29, 0.717) is 6.29 Å². The van der Waals surface area contributed by atoms with Gasteiger partial charge in [0, 0.05) is 0 Å². The smallest absolute Gasteiger partial charge is 0.208 e. The van der Waals surface area contributed by atoms with E-state index in [2.05, 4.69) is 5.32 Å². The summed E-state index contributed by atoms with van der Waals surface area (Å²) < 4.78 is 0. The van der Waals surface area contributed by atoms with Gasteiger partial charge in [-0.2, -0.15) is 0 Å². The lowest BCUT2D eigenvalue weighted by Crippen LogP contribution is -2.18. The zero-order chi connectivity index (χ0) is 5.70. The van der Waals surface area contributed by atoms with Crippen molar-refractivity contribution >= 4 is 12.1 Å². The molecule has 0 fully saturated rings. The Morgan fingerprint density at radius 3 is 2.57 bits per heavy atom. The summed E-state index contributed by atoms with van der Waals surface area (Å²) in [6.45, 7) is 0.142. The molecule has 1 N–H and O–H groups in total. The molecule has 3 heteroatoms. The molecule has 0 aliphatic heterocycles. The summed E-state index contributed by atoms with van der Waals surface area (Å²) in [6.07, 6.45) is 0.302. The van der Waals surface area contributed by atoms with Gasteiger partial charge in [0.15, 0.2) is 6.29 Å². The van der Waals surface area contributed by atoms with Crippen LogP contribution in [0.15, 0.2) is 0 Å². The fourth-order valence-corrected chi connectivity index (χ4v) is 0.216. The van der Waals surface area contributed by atoms with Gasteiger partial charge >= 0.3 is 0 Å². The molecular formula is C4H7NO2. The molecule has 0 unspecified atom stereocenters. The fraction of sp³-hybridized carbons (Fsp3) is 0.500. The number of nitrogens with one attached hydrogen (secondary N) is 1. The largest absolute Gasteiger partial charge is 0.313 e. The van der Waals surface area contributed by atoms with Crippen LogP contribution in [0.1, 0.15) is 0 Å². The van der Waals surface area contributed by atoms with Crippen LogP contribution < -0.4 is 5.32 Å². The Morgan fingerprint density at radius 1 is 1.86 bits per heavy atom. The number of ketones is 1. The molecule has 40 valence electrons. The number of carbonyl (C=O) groups excluding carboxylic acids is 2. The second kappa shape index (κ2) is 3.49. The highest BCUT2D eigenvalue weighted by molar-refractivity contribution is 6.25. The topological polar surface area (TPSA) is 46.2 Å². The molecule has 0 aromatic heterocycles. The van der Waals surface area contributed by atoms with Gasteiger partial charge < -0.3 is 5.32 Å². The van der Waals surface area contributed by atoms with Crippen molar-refractivity contribution < 1.29 is 9.59 Å². The molecule has 3 nitrogen and oxygen atoms in total. The monoisotopic (exact) mass is 101 g/mol. The van der Waals surface area contributed by atoms with Crippen molar-refractivity contribution in [2.75, 3.05) is 13.6 Å². The maximum atomic E-state index is 9.98. The number of carbonyl (C=O) groups is 2. The second-order valence-electron chi connectivity index (χ2n) is 1.11. The van der Waals surface area contributed by atoms with E-state index in [1.54, 1.807) is 7.05 Å². The number of hydrogen-bond donors (Lipinski definition) is 1. The zero-order valence-electron chi connectivity index (χ0n) is 4.10. The van der Waals surface area contributed by atoms with E-state index in [-0.39, 0.29) is 6.54 Å². The van der Waals surface area contributed by atoms with Crippen molar-refractivity contribution in [2.45, 2.75) is 0 Å². The third-order valence-corrected chi connectivity index (χ3v) is 0.482. The van der Waals surface area contributed by atoms with Crippen molar-refractivity contribution in [3.8, 4) is 0 Å². The molecule has 0 saturated carbocycles. The van der Waals surface area contributed by atoms with Crippen LogP contribution >= 0.6 is 0 Å². The summed E-state index contributed by atoms with van der Waals surface area (Å²) in [5.41, 5.74) is 0. The first-order valence-corrected chi connectivity index (χ1v) is 1.94. The molecule has 0 aliphatic carbocycles. The highest BCUT2D eigenvalue weighted by atomic mass is 16.2. The summed E-state index contributed by atoms with van der Waals surface area (Å²) in [5.74, 6) is -0.414. The van der Waals surface area contributed by atoms with Gasteiger partial charge in [0.1, 0.15) is 0 Å². The average Bonchev–Trinajstić information content (AvgIpc) is 1.68. The first kappa shape index (κ1) is 6.30. The van der Waals surface area contributed by atoms with E-state index in [4.69, 9.17) is 0 Å². The lowest BCUT2D eigenvalue weighted by molar-refractivity contribution is -0.129. The number of likely N-dealkylation sites (N-methyl/N-ethyl adjacent to an activating group) is 1. The van der Waals surface area contributed by atoms with Gasteiger partial charge in [-0.3, -0.25) is 9.59 Å². The van der Waals surface area contributed by atoms with Crippen LogP contribution in [-0.2, 0) is 9.59 Å². The Labute approximate surface area is 41.7 Å². The Balaban J connectivity index is 3.17. The van der Waals surface area contributed by atoms with Crippen LogP contribution in [0.25, 0.3) is 0 Å². The molecule has 0 atom stereocenters. The van der Waals surface area contributed by atoms with Gasteiger partial charge in [-0.25, -0.2) is 0 Å². The van der Waals surface area contributed by atoms with Crippen LogP contribution in [0.5, 0.6) is 0 Å². The molecule has 0 spiro atoms. The van der Waals surface area contributed by atoms with Crippen LogP contribution in [0.2, 0.25) is 0 Å². The van der Waals surface area contributed by atoms with Crippen LogP contribution in [0, 0.1) is 0 Å². The van der Waals surface area contributed by atoms with Gasteiger partial charge in [-0.05, 0) is 7.05 Å². The van der Waals surface area contributed by atoms with Gasteiger partial charge in [0.25, 0.3) is 0 Å². The van der Waals surface area contributed by atoms with Gasteiger partial charge in [0.2, 0.25) is 5.78 Å². The average molecular weight is 101 g/mol. The van der Waals surface area contributed by atoms with Crippen molar-refractivity contribution in [3.63, 3.8) is 0 Å². The minimum atomic E-state index is -0.414. The first-order valence-electron chi connectivity index (χ1n) is 1.94. The molecule has 0 aliphatic rings. The Morgan fingerprint density at radius 2 is 2.43 bits per heavy atom. The third-order valence-electron chi connectivity index (χ3n) is 0.482. The maximum Gasteiger partial charge on any atom is 0.208 e. The second-order valence-corrected chi connectivity index (χ2v) is 1.11. The molecule has 0 aromatic carbocycles. The molecule has 0 heterocycles. The highest BCUT2D eigenvalue weighted by Gasteiger charge is 1.91. The molecule has 0 rings (SSSR count). The molecule has 0 aromatic rings. The molecule has 7 heavy (non-hydrogen) atoms. The van der Waals surface area contributed by atoms with E-state index in [9.17, 15) is 9.59 Å². The van der Waals surface area contributed by atoms with E-state index >= 15 is 0 Å². The summed E-state index contributed by atoms with van der Waals surface area (Å²) in [7, 11) is 1.61. The number of hydrogen-bond acceptors (Lipinski definition) is 3. The van der Waals surface area contributed by atoms with E-state index in [1.807, 2.05) is 0 Å². The normalized spacial score (nSPS) is 8.14. The van der Waals surface area contributed by atoms with E-state index in [0.717, 1.165) is 0 Å². The third kappa shape index (κ3) is 3.12. The number of aldehydes is 1. The predicted molar refractivity (Wildman–Crippen MR) is 25.0 cm³/mol. The van der Waals surface area contributed by atoms with Crippen molar-refractivity contribution in [3.05, 3.63) is 0 Å². The quantitative estimate of drug-likeness (QED) is 0.365. The van der Waals surface area contributed by atoms with Crippen LogP contribution in [-0.4, -0.2) is 25.7 Å². The zero-order valence-corrected chi connectivity index (χ0v) is 4.10. The summed E-state index contributed by atoms with van der Waals surface area (Å²) in [6, 6.07) is 0. The van der Waals surface area contributed by atoms with E-state index < -0.39 is 5.78 Å². The van der Waals surface area contributed by atoms with Gasteiger partial charge in [-0.1, -0.05) is 0 Å². The molecule has 0 amide bonds. The van der Waals surface area contributed by atoms with Crippen LogP contribution in [0.3, 0.4) is 0 Å². The Hall–Kier alpha value is -0.700. The Bertz CT molecular complexity index is 79.8. The number of rotatable bonds is 3. The SMILES string of the molecule is CNCC(=O)C=O. The van der Waals surface area contributed by atoms with E-state index in [1.165, 1.54) is 0 Å². The van der Waals surface area contributed by atoms with Crippen LogP contribution in [0.4, 0.5) is 0 Å². The molecular weight excluding hydrogens is 94.0 g/mol. The summed E-state index contributed by atoms with van der Waals surface area (Å²) in [4.78, 5) is 19.5. The van der Waals surface area contributed by atoms with Crippen molar-refractivity contribution in [2.24, 2.45) is 0 Å². The van der Waals surface area contributed by atoms with Crippen molar-refractivity contribution in [1.29, 1.82) is 0 Å². The standard InChI is InChI=1S/C4H7NO2/c1-5-2-4(7)3-6/h3,5H,2H2,1H3. The predicted octanol–water partition coefficient (Wildman–Crippen LogP) is -1.03. The minimum Gasteiger partial charge on any atom is -0.313 e. The highest BCUT2D eigenvalue weighted by Crippen LogP contribution is 1.54. The van der Waals surface area contributed by atoms with Crippen molar-refractivity contribution in [1.82, 2.24) is 5.32 Å². The minimum absolute atomic E-state index is 0.142.